The van der Waals surface area contributed by atoms with E-state index in [9.17, 15) is 0 Å². The maximum Gasteiger partial charge on any atom is 0.489 e. The molecule has 92 valence electrons. The van der Waals surface area contributed by atoms with Gasteiger partial charge in [-0.25, -0.2) is 0 Å². The van der Waals surface area contributed by atoms with E-state index in [0.29, 0.717) is 5.92 Å². The number of hydrogen-bond donors (Lipinski definition) is 0. The summed E-state index contributed by atoms with van der Waals surface area (Å²) < 4.78 is 11.4. The summed E-state index contributed by atoms with van der Waals surface area (Å²) in [4.78, 5) is 2.41. The molecule has 0 spiro atoms. The Morgan fingerprint density at radius 1 is 1.31 bits per heavy atom. The first-order chi connectivity index (χ1) is 7.63. The van der Waals surface area contributed by atoms with Gasteiger partial charge >= 0.3 is 7.12 Å². The molecule has 0 atom stereocenters. The zero-order chi connectivity index (χ0) is 12.0. The highest BCUT2D eigenvalue weighted by atomic mass is 16.6. The predicted octanol–water partition coefficient (Wildman–Crippen LogP) is 1.98. The van der Waals surface area contributed by atoms with Crippen LogP contribution in [0.15, 0.2) is 11.5 Å². The quantitative estimate of drug-likeness (QED) is 0.685. The lowest BCUT2D eigenvalue weighted by Crippen LogP contribution is -2.40. The highest BCUT2D eigenvalue weighted by Gasteiger charge is 2.23. The molecule has 1 heterocycles. The van der Waals surface area contributed by atoms with Gasteiger partial charge in [-0.2, -0.15) is 0 Å². The van der Waals surface area contributed by atoms with E-state index < -0.39 is 0 Å². The van der Waals surface area contributed by atoms with Crippen molar-refractivity contribution in [1.82, 2.24) is 4.90 Å². The van der Waals surface area contributed by atoms with Gasteiger partial charge < -0.3 is 9.31 Å². The van der Waals surface area contributed by atoms with Gasteiger partial charge in [-0.3, -0.25) is 4.90 Å². The molecule has 1 saturated heterocycles. The van der Waals surface area contributed by atoms with Gasteiger partial charge in [0, 0.05) is 32.8 Å². The average Bonchev–Trinajstić information content (AvgIpc) is 2.20. The SMILES string of the molecule is CC=C(C)B1OCCN(CC(C)C)CCO1. The lowest BCUT2D eigenvalue weighted by Gasteiger charge is -2.28. The third kappa shape index (κ3) is 4.68. The molecule has 0 aromatic rings. The van der Waals surface area contributed by atoms with Crippen molar-refractivity contribution in [2.45, 2.75) is 27.7 Å². The normalized spacial score (nSPS) is 21.1. The molecule has 1 aliphatic heterocycles. The van der Waals surface area contributed by atoms with Gasteiger partial charge in [0.2, 0.25) is 0 Å². The standard InChI is InChI=1S/C12H24BNO2/c1-5-12(4)13-15-8-6-14(7-9-16-13)10-11(2)3/h5,11H,6-10H2,1-4H3. The minimum Gasteiger partial charge on any atom is -0.406 e. The van der Waals surface area contributed by atoms with Gasteiger partial charge in [-0.15, -0.1) is 0 Å². The van der Waals surface area contributed by atoms with E-state index >= 15 is 0 Å². The molecule has 0 N–H and O–H groups in total. The Bertz CT molecular complexity index is 221. The van der Waals surface area contributed by atoms with Crippen molar-refractivity contribution in [2.24, 2.45) is 5.92 Å². The van der Waals surface area contributed by atoms with Crippen molar-refractivity contribution in [3.05, 3.63) is 11.5 Å². The predicted molar refractivity (Wildman–Crippen MR) is 68.4 cm³/mol. The van der Waals surface area contributed by atoms with Crippen LogP contribution in [-0.2, 0) is 9.31 Å². The van der Waals surface area contributed by atoms with E-state index in [1.54, 1.807) is 0 Å². The fraction of sp³-hybridized carbons (Fsp3) is 0.833. The summed E-state index contributed by atoms with van der Waals surface area (Å²) in [6, 6.07) is 0. The third-order valence-electron chi connectivity index (χ3n) is 2.80. The maximum absolute atomic E-state index is 5.72. The van der Waals surface area contributed by atoms with Crippen molar-refractivity contribution in [2.75, 3.05) is 32.8 Å². The van der Waals surface area contributed by atoms with E-state index in [2.05, 4.69) is 31.7 Å². The minimum absolute atomic E-state index is 0.133. The molecule has 1 aliphatic rings. The maximum atomic E-state index is 5.72. The fourth-order valence-corrected chi connectivity index (χ4v) is 1.84. The highest BCUT2D eigenvalue weighted by molar-refractivity contribution is 6.53. The summed E-state index contributed by atoms with van der Waals surface area (Å²) in [7, 11) is -0.133. The largest absolute Gasteiger partial charge is 0.489 e. The van der Waals surface area contributed by atoms with Crippen LogP contribution in [0.25, 0.3) is 0 Å². The van der Waals surface area contributed by atoms with Crippen molar-refractivity contribution < 1.29 is 9.31 Å². The van der Waals surface area contributed by atoms with Crippen LogP contribution in [0, 0.1) is 5.92 Å². The Kier molecular flexibility index (Phi) is 6.10. The second-order valence-corrected chi connectivity index (χ2v) is 4.80. The summed E-state index contributed by atoms with van der Waals surface area (Å²) in [5, 5.41) is 0. The Morgan fingerprint density at radius 2 is 1.88 bits per heavy atom. The van der Waals surface area contributed by atoms with Crippen molar-refractivity contribution >= 4 is 7.12 Å². The lowest BCUT2D eigenvalue weighted by molar-refractivity contribution is 0.107. The molecule has 0 aliphatic carbocycles. The summed E-state index contributed by atoms with van der Waals surface area (Å²) in [5.41, 5.74) is 1.16. The molecule has 0 aromatic carbocycles. The van der Waals surface area contributed by atoms with E-state index in [1.165, 1.54) is 0 Å². The summed E-state index contributed by atoms with van der Waals surface area (Å²) in [6.45, 7) is 13.2. The smallest absolute Gasteiger partial charge is 0.406 e. The molecule has 4 heteroatoms. The van der Waals surface area contributed by atoms with Crippen LogP contribution in [-0.4, -0.2) is 44.9 Å². The van der Waals surface area contributed by atoms with E-state index in [0.717, 1.165) is 38.3 Å². The minimum atomic E-state index is -0.133. The Hall–Kier alpha value is -0.315. The molecule has 0 saturated carbocycles. The summed E-state index contributed by atoms with van der Waals surface area (Å²) >= 11 is 0. The third-order valence-corrected chi connectivity index (χ3v) is 2.80. The van der Waals surface area contributed by atoms with Crippen LogP contribution in [0.2, 0.25) is 0 Å². The summed E-state index contributed by atoms with van der Waals surface area (Å²) in [5.74, 6) is 0.701. The first-order valence-corrected chi connectivity index (χ1v) is 6.22. The zero-order valence-corrected chi connectivity index (χ0v) is 11.0. The highest BCUT2D eigenvalue weighted by Crippen LogP contribution is 2.08. The topological polar surface area (TPSA) is 21.7 Å². The second-order valence-electron chi connectivity index (χ2n) is 4.80. The fourth-order valence-electron chi connectivity index (χ4n) is 1.84. The molecule has 0 unspecified atom stereocenters. The van der Waals surface area contributed by atoms with Crippen molar-refractivity contribution in [3.8, 4) is 0 Å². The van der Waals surface area contributed by atoms with Crippen LogP contribution >= 0.6 is 0 Å². The van der Waals surface area contributed by atoms with E-state index in [4.69, 9.17) is 9.31 Å². The monoisotopic (exact) mass is 225 g/mol. The lowest BCUT2D eigenvalue weighted by atomic mass is 9.79. The van der Waals surface area contributed by atoms with Crippen LogP contribution in [0.3, 0.4) is 0 Å². The van der Waals surface area contributed by atoms with E-state index in [-0.39, 0.29) is 7.12 Å². The van der Waals surface area contributed by atoms with Gasteiger partial charge in [-0.1, -0.05) is 19.9 Å². The van der Waals surface area contributed by atoms with Crippen LogP contribution in [0.4, 0.5) is 0 Å². The van der Waals surface area contributed by atoms with Crippen LogP contribution < -0.4 is 0 Å². The first-order valence-electron chi connectivity index (χ1n) is 6.22. The molecular weight excluding hydrogens is 201 g/mol. The Balaban J connectivity index is 2.37. The number of hydrogen-bond acceptors (Lipinski definition) is 3. The molecule has 1 fully saturated rings. The van der Waals surface area contributed by atoms with Gasteiger partial charge in [0.05, 0.1) is 0 Å². The van der Waals surface area contributed by atoms with Crippen LogP contribution in [0.5, 0.6) is 0 Å². The second kappa shape index (κ2) is 7.10. The van der Waals surface area contributed by atoms with Crippen LogP contribution in [0.1, 0.15) is 27.7 Å². The van der Waals surface area contributed by atoms with Gasteiger partial charge in [-0.05, 0) is 25.2 Å². The number of allylic oxidation sites excluding steroid dienone is 2. The summed E-state index contributed by atoms with van der Waals surface area (Å²) in [6.07, 6.45) is 2.05. The van der Waals surface area contributed by atoms with Crippen molar-refractivity contribution in [1.29, 1.82) is 0 Å². The first kappa shape index (κ1) is 13.7. The Labute approximate surface area is 99.9 Å². The van der Waals surface area contributed by atoms with E-state index in [1.807, 2.05) is 6.92 Å². The molecule has 16 heavy (non-hydrogen) atoms. The van der Waals surface area contributed by atoms with Gasteiger partial charge in [0.1, 0.15) is 0 Å². The van der Waals surface area contributed by atoms with Gasteiger partial charge in [0.15, 0.2) is 0 Å². The van der Waals surface area contributed by atoms with Crippen molar-refractivity contribution in [3.63, 3.8) is 0 Å². The molecule has 1 rings (SSSR count). The molecule has 0 amide bonds. The molecule has 3 nitrogen and oxygen atoms in total. The molecule has 0 bridgehead atoms. The average molecular weight is 225 g/mol. The molecule has 0 radical (unpaired) electrons. The number of rotatable bonds is 3. The molecule has 0 aromatic heterocycles. The Morgan fingerprint density at radius 3 is 2.31 bits per heavy atom. The number of nitrogens with zero attached hydrogens (tertiary/aromatic N) is 1. The zero-order valence-electron chi connectivity index (χ0n) is 11.0. The van der Waals surface area contributed by atoms with Gasteiger partial charge in [0.25, 0.3) is 0 Å². The molecular formula is C12H24BNO2.